The van der Waals surface area contributed by atoms with Crippen molar-refractivity contribution in [2.75, 3.05) is 26.2 Å². The number of carbonyl (C=O) groups is 2. The first-order valence-electron chi connectivity index (χ1n) is 10.4. The summed E-state index contributed by atoms with van der Waals surface area (Å²) in [5.41, 5.74) is 0.239. The molecule has 8 nitrogen and oxygen atoms in total. The molecule has 0 aliphatic carbocycles. The number of ether oxygens (including phenoxy) is 3. The summed E-state index contributed by atoms with van der Waals surface area (Å²) >= 11 is 0. The van der Waals surface area contributed by atoms with Crippen LogP contribution >= 0.6 is 0 Å². The number of carbonyl (C=O) groups excluding carboxylic acids is 2. The first kappa shape index (κ1) is 20.8. The Hall–Kier alpha value is -4.07. The van der Waals surface area contributed by atoms with Crippen molar-refractivity contribution in [3.63, 3.8) is 0 Å². The van der Waals surface area contributed by atoms with Gasteiger partial charge in [0.2, 0.25) is 17.3 Å². The summed E-state index contributed by atoms with van der Waals surface area (Å²) < 4.78 is 16.3. The molecule has 0 saturated carbocycles. The van der Waals surface area contributed by atoms with E-state index in [1.165, 1.54) is 26.2 Å². The van der Waals surface area contributed by atoms with Crippen molar-refractivity contribution >= 4 is 34.0 Å². The maximum absolute atomic E-state index is 13.5. The molecule has 0 radical (unpaired) electrons. The van der Waals surface area contributed by atoms with Crippen LogP contribution in [0, 0.1) is 0 Å². The van der Waals surface area contributed by atoms with Gasteiger partial charge in [0.1, 0.15) is 0 Å². The lowest BCUT2D eigenvalue weighted by Crippen LogP contribution is -2.40. The highest BCUT2D eigenvalue weighted by Gasteiger charge is 2.58. The van der Waals surface area contributed by atoms with E-state index in [-0.39, 0.29) is 18.7 Å². The van der Waals surface area contributed by atoms with Gasteiger partial charge in [-0.1, -0.05) is 35.5 Å². The summed E-state index contributed by atoms with van der Waals surface area (Å²) in [6.45, 7) is 0. The minimum Gasteiger partial charge on any atom is -0.493 e. The monoisotopic (exact) mass is 446 g/mol. The molecule has 1 spiro atoms. The molecule has 2 aliphatic heterocycles. The highest BCUT2D eigenvalue weighted by atomic mass is 16.7. The van der Waals surface area contributed by atoms with Crippen LogP contribution in [0.15, 0.2) is 59.8 Å². The Morgan fingerprint density at radius 3 is 2.36 bits per heavy atom. The molecule has 3 aromatic rings. The van der Waals surface area contributed by atoms with Gasteiger partial charge in [0.25, 0.3) is 5.91 Å². The van der Waals surface area contributed by atoms with Crippen molar-refractivity contribution < 1.29 is 28.6 Å². The third-order valence-electron chi connectivity index (χ3n) is 6.07. The molecule has 3 aromatic carbocycles. The fourth-order valence-corrected chi connectivity index (χ4v) is 4.45. The average Bonchev–Trinajstić information content (AvgIpc) is 3.37. The molecule has 168 valence electrons. The molecule has 1 saturated heterocycles. The second kappa shape index (κ2) is 7.81. The van der Waals surface area contributed by atoms with E-state index in [0.29, 0.717) is 34.2 Å². The van der Waals surface area contributed by atoms with Crippen LogP contribution in [-0.4, -0.2) is 44.5 Å². The van der Waals surface area contributed by atoms with Gasteiger partial charge in [0, 0.05) is 12.0 Å². The van der Waals surface area contributed by atoms with Crippen LogP contribution in [0.25, 0.3) is 10.8 Å². The number of amides is 2. The molecule has 0 aromatic heterocycles. The maximum Gasteiger partial charge on any atom is 0.281 e. The van der Waals surface area contributed by atoms with Gasteiger partial charge in [-0.05, 0) is 35.0 Å². The van der Waals surface area contributed by atoms with Crippen LogP contribution in [0.3, 0.4) is 0 Å². The number of fused-ring (bicyclic) bond motifs is 1. The third-order valence-corrected chi connectivity index (χ3v) is 6.07. The van der Waals surface area contributed by atoms with Crippen molar-refractivity contribution in [1.82, 2.24) is 0 Å². The molecule has 1 atom stereocenters. The van der Waals surface area contributed by atoms with Crippen molar-refractivity contribution in [2.45, 2.75) is 18.4 Å². The van der Waals surface area contributed by atoms with Crippen LogP contribution < -0.4 is 19.1 Å². The zero-order valence-electron chi connectivity index (χ0n) is 18.5. The highest BCUT2D eigenvalue weighted by Crippen LogP contribution is 2.44. The molecule has 0 unspecified atom stereocenters. The summed E-state index contributed by atoms with van der Waals surface area (Å²) in [6, 6.07) is 16.8. The SMILES string of the molecule is COc1ccc(C2=NO[C@@]3(CC(=O)N(c4ccc5ccccc5c4)C3=O)C2)c(OC)c1OC. The standard InChI is InChI=1S/C25H22N2O6/c1-30-20-11-10-18(22(31-2)23(20)32-3)19-13-25(33-26-19)14-21(28)27(24(25)29)17-9-8-15-6-4-5-7-16(15)12-17/h4-12H,13-14H2,1-3H3/t25-/m1/s1. The van der Waals surface area contributed by atoms with Gasteiger partial charge >= 0.3 is 0 Å². The van der Waals surface area contributed by atoms with Crippen LogP contribution in [0.4, 0.5) is 5.69 Å². The molecule has 2 heterocycles. The molecule has 2 amide bonds. The summed E-state index contributed by atoms with van der Waals surface area (Å²) in [6.07, 6.45) is 0.0365. The molecule has 5 rings (SSSR count). The van der Waals surface area contributed by atoms with E-state index in [1.807, 2.05) is 36.4 Å². The Labute approximate surface area is 190 Å². The van der Waals surface area contributed by atoms with E-state index in [9.17, 15) is 9.59 Å². The largest absolute Gasteiger partial charge is 0.493 e. The van der Waals surface area contributed by atoms with Crippen LogP contribution in [0.5, 0.6) is 17.2 Å². The van der Waals surface area contributed by atoms with Crippen LogP contribution in [0.1, 0.15) is 18.4 Å². The highest BCUT2D eigenvalue weighted by molar-refractivity contribution is 6.26. The van der Waals surface area contributed by atoms with Crippen molar-refractivity contribution in [3.8, 4) is 17.2 Å². The van der Waals surface area contributed by atoms with Gasteiger partial charge in [0.05, 0.1) is 39.1 Å². The lowest BCUT2D eigenvalue weighted by Gasteiger charge is -2.20. The van der Waals surface area contributed by atoms with E-state index in [2.05, 4.69) is 5.16 Å². The first-order chi connectivity index (χ1) is 16.0. The Balaban J connectivity index is 1.46. The predicted octanol–water partition coefficient (Wildman–Crippen LogP) is 3.69. The fraction of sp³-hybridized carbons (Fsp3) is 0.240. The van der Waals surface area contributed by atoms with Gasteiger partial charge in [-0.15, -0.1) is 0 Å². The molecule has 2 aliphatic rings. The van der Waals surface area contributed by atoms with Gasteiger partial charge in [-0.3, -0.25) is 9.59 Å². The maximum atomic E-state index is 13.5. The number of methoxy groups -OCH3 is 3. The van der Waals surface area contributed by atoms with Crippen LogP contribution in [-0.2, 0) is 14.4 Å². The number of imide groups is 1. The van der Waals surface area contributed by atoms with Crippen molar-refractivity contribution in [3.05, 3.63) is 60.2 Å². The lowest BCUT2D eigenvalue weighted by molar-refractivity contribution is -0.136. The molecule has 1 fully saturated rings. The zero-order valence-corrected chi connectivity index (χ0v) is 18.5. The molecule has 0 N–H and O–H groups in total. The van der Waals surface area contributed by atoms with E-state index in [1.54, 1.807) is 18.2 Å². The second-order valence-electron chi connectivity index (χ2n) is 7.92. The molecule has 8 heteroatoms. The smallest absolute Gasteiger partial charge is 0.281 e. The number of hydrogen-bond acceptors (Lipinski definition) is 7. The second-order valence-corrected chi connectivity index (χ2v) is 7.92. The topological polar surface area (TPSA) is 86.7 Å². The van der Waals surface area contributed by atoms with Gasteiger partial charge in [-0.25, -0.2) is 4.90 Å². The van der Waals surface area contributed by atoms with Crippen molar-refractivity contribution in [2.24, 2.45) is 5.16 Å². The van der Waals surface area contributed by atoms with Gasteiger partial charge < -0.3 is 19.0 Å². The molecular weight excluding hydrogens is 424 g/mol. The number of nitrogens with zero attached hydrogens (tertiary/aromatic N) is 2. The number of rotatable bonds is 5. The summed E-state index contributed by atoms with van der Waals surface area (Å²) in [4.78, 5) is 33.3. The summed E-state index contributed by atoms with van der Waals surface area (Å²) in [7, 11) is 4.56. The number of oxime groups is 1. The Kier molecular flexibility index (Phi) is 4.92. The molecule has 33 heavy (non-hydrogen) atoms. The number of anilines is 1. The van der Waals surface area contributed by atoms with E-state index in [0.717, 1.165) is 10.8 Å². The minimum absolute atomic E-state index is 0.0960. The van der Waals surface area contributed by atoms with Gasteiger partial charge in [-0.2, -0.15) is 0 Å². The zero-order chi connectivity index (χ0) is 23.2. The number of benzene rings is 3. The quantitative estimate of drug-likeness (QED) is 0.556. The van der Waals surface area contributed by atoms with E-state index in [4.69, 9.17) is 19.0 Å². The Morgan fingerprint density at radius 1 is 0.879 bits per heavy atom. The molecular formula is C25H22N2O6. The normalized spacial score (nSPS) is 19.7. The van der Waals surface area contributed by atoms with Crippen molar-refractivity contribution in [1.29, 1.82) is 0 Å². The minimum atomic E-state index is -1.38. The Morgan fingerprint density at radius 2 is 1.64 bits per heavy atom. The fourth-order valence-electron chi connectivity index (χ4n) is 4.45. The molecule has 0 bridgehead atoms. The van der Waals surface area contributed by atoms with E-state index >= 15 is 0 Å². The lowest BCUT2D eigenvalue weighted by atomic mass is 9.92. The third kappa shape index (κ3) is 3.17. The number of hydrogen-bond donors (Lipinski definition) is 0. The Bertz CT molecular complexity index is 1320. The van der Waals surface area contributed by atoms with E-state index < -0.39 is 11.5 Å². The first-order valence-corrected chi connectivity index (χ1v) is 10.4. The predicted molar refractivity (Wildman–Crippen MR) is 122 cm³/mol. The van der Waals surface area contributed by atoms with Crippen LogP contribution in [0.2, 0.25) is 0 Å². The summed E-state index contributed by atoms with van der Waals surface area (Å²) in [5.74, 6) is 0.570. The average molecular weight is 446 g/mol. The van der Waals surface area contributed by atoms with Gasteiger partial charge in [0.15, 0.2) is 11.5 Å². The summed E-state index contributed by atoms with van der Waals surface area (Å²) in [5, 5.41) is 6.15.